The monoisotopic (exact) mass is 250 g/mol. The molecule has 0 aliphatic heterocycles. The molecule has 3 nitrogen and oxygen atoms in total. The van der Waals surface area contributed by atoms with Gasteiger partial charge in [0.25, 0.3) is 5.56 Å². The largest absolute Gasteiger partial charge is 0.295 e. The van der Waals surface area contributed by atoms with Gasteiger partial charge in [-0.3, -0.25) is 9.89 Å². The Kier molecular flexibility index (Phi) is 3.11. The second-order valence-corrected chi connectivity index (χ2v) is 4.55. The molecule has 0 aliphatic carbocycles. The number of hydrogen-bond donors (Lipinski definition) is 1. The number of nitrogens with one attached hydrogen (secondary N) is 1. The van der Waals surface area contributed by atoms with Crippen LogP contribution in [-0.2, 0) is 6.42 Å². The summed E-state index contributed by atoms with van der Waals surface area (Å²) in [7, 11) is 0. The van der Waals surface area contributed by atoms with Gasteiger partial charge in [-0.05, 0) is 38.0 Å². The topological polar surface area (TPSA) is 37.8 Å². The van der Waals surface area contributed by atoms with E-state index < -0.39 is 0 Å². The molecule has 0 atom stereocenters. The lowest BCUT2D eigenvalue weighted by atomic mass is 10.2. The second-order valence-electron chi connectivity index (χ2n) is 4.14. The number of aromatic nitrogens is 2. The van der Waals surface area contributed by atoms with E-state index in [1.54, 1.807) is 10.7 Å². The van der Waals surface area contributed by atoms with E-state index in [2.05, 4.69) is 5.10 Å². The van der Waals surface area contributed by atoms with Gasteiger partial charge in [0.05, 0.1) is 5.69 Å². The molecule has 0 bridgehead atoms. The molecule has 1 heterocycles. The standard InChI is InChI=1S/C13H15ClN2O/c1-4-11-9(3)15-16(13(11)17)10-6-5-8(2)12(14)7-10/h5-7,15H,4H2,1-3H3. The molecule has 1 aromatic heterocycles. The average Bonchev–Trinajstić information content (AvgIpc) is 2.58. The molecule has 17 heavy (non-hydrogen) atoms. The van der Waals surface area contributed by atoms with Crippen molar-refractivity contribution in [1.29, 1.82) is 0 Å². The molecular weight excluding hydrogens is 236 g/mol. The van der Waals surface area contributed by atoms with Crippen LogP contribution < -0.4 is 5.56 Å². The van der Waals surface area contributed by atoms with Gasteiger partial charge >= 0.3 is 0 Å². The summed E-state index contributed by atoms with van der Waals surface area (Å²) in [4.78, 5) is 12.1. The Morgan fingerprint density at radius 3 is 2.59 bits per heavy atom. The van der Waals surface area contributed by atoms with Crippen LogP contribution in [0.1, 0.15) is 23.7 Å². The summed E-state index contributed by atoms with van der Waals surface area (Å²) in [6.07, 6.45) is 0.730. The molecule has 2 rings (SSSR count). The first-order valence-corrected chi connectivity index (χ1v) is 5.99. The van der Waals surface area contributed by atoms with Crippen molar-refractivity contribution in [3.05, 3.63) is 50.4 Å². The van der Waals surface area contributed by atoms with E-state index in [1.807, 2.05) is 32.9 Å². The van der Waals surface area contributed by atoms with Crippen molar-refractivity contribution in [3.63, 3.8) is 0 Å². The Labute approximate surface area is 105 Å². The second kappa shape index (κ2) is 4.41. The summed E-state index contributed by atoms with van der Waals surface area (Å²) in [5.41, 5.74) is 3.51. The lowest BCUT2D eigenvalue weighted by Crippen LogP contribution is -2.17. The van der Waals surface area contributed by atoms with Crippen molar-refractivity contribution in [2.45, 2.75) is 27.2 Å². The van der Waals surface area contributed by atoms with E-state index in [9.17, 15) is 4.79 Å². The Balaban J connectivity index is 2.61. The lowest BCUT2D eigenvalue weighted by molar-refractivity contribution is 0.834. The van der Waals surface area contributed by atoms with Crippen molar-refractivity contribution in [1.82, 2.24) is 9.78 Å². The normalized spacial score (nSPS) is 10.8. The minimum absolute atomic E-state index is 0.00456. The van der Waals surface area contributed by atoms with Gasteiger partial charge < -0.3 is 0 Å². The number of aryl methyl sites for hydroxylation is 2. The van der Waals surface area contributed by atoms with Crippen LogP contribution in [0, 0.1) is 13.8 Å². The quantitative estimate of drug-likeness (QED) is 0.874. The van der Waals surface area contributed by atoms with Crippen LogP contribution >= 0.6 is 11.6 Å². The van der Waals surface area contributed by atoms with Crippen molar-refractivity contribution in [3.8, 4) is 5.69 Å². The highest BCUT2D eigenvalue weighted by molar-refractivity contribution is 6.31. The number of aromatic amines is 1. The highest BCUT2D eigenvalue weighted by Crippen LogP contribution is 2.18. The summed E-state index contributed by atoms with van der Waals surface area (Å²) in [5.74, 6) is 0. The predicted octanol–water partition coefficient (Wildman–Crippen LogP) is 3.00. The first-order valence-electron chi connectivity index (χ1n) is 5.61. The van der Waals surface area contributed by atoms with Crippen LogP contribution in [0.25, 0.3) is 5.69 Å². The van der Waals surface area contributed by atoms with Crippen LogP contribution in [0.4, 0.5) is 0 Å². The molecule has 0 radical (unpaired) electrons. The first-order chi connectivity index (χ1) is 8.04. The van der Waals surface area contributed by atoms with Gasteiger partial charge in [0, 0.05) is 16.3 Å². The summed E-state index contributed by atoms with van der Waals surface area (Å²) < 4.78 is 1.54. The fourth-order valence-electron chi connectivity index (χ4n) is 1.90. The van der Waals surface area contributed by atoms with Crippen molar-refractivity contribution < 1.29 is 0 Å². The molecule has 2 aromatic rings. The first kappa shape index (κ1) is 12.0. The van der Waals surface area contributed by atoms with Gasteiger partial charge in [-0.15, -0.1) is 0 Å². The number of halogens is 1. The number of rotatable bonds is 2. The van der Waals surface area contributed by atoms with E-state index >= 15 is 0 Å². The molecule has 90 valence electrons. The molecule has 0 spiro atoms. The van der Waals surface area contributed by atoms with Crippen LogP contribution in [-0.4, -0.2) is 9.78 Å². The third-order valence-corrected chi connectivity index (χ3v) is 3.37. The van der Waals surface area contributed by atoms with Crippen molar-refractivity contribution in [2.24, 2.45) is 0 Å². The van der Waals surface area contributed by atoms with Gasteiger partial charge in [-0.1, -0.05) is 24.6 Å². The highest BCUT2D eigenvalue weighted by atomic mass is 35.5. The predicted molar refractivity (Wildman–Crippen MR) is 70.3 cm³/mol. The maximum absolute atomic E-state index is 12.1. The number of benzene rings is 1. The molecule has 0 unspecified atom stereocenters. The van der Waals surface area contributed by atoms with Gasteiger partial charge in [-0.2, -0.15) is 0 Å². The molecule has 0 saturated heterocycles. The van der Waals surface area contributed by atoms with Gasteiger partial charge in [0.1, 0.15) is 0 Å². The third-order valence-electron chi connectivity index (χ3n) is 2.96. The molecule has 1 aromatic carbocycles. The van der Waals surface area contributed by atoms with Crippen LogP contribution in [0.5, 0.6) is 0 Å². The van der Waals surface area contributed by atoms with Crippen LogP contribution in [0.15, 0.2) is 23.0 Å². The van der Waals surface area contributed by atoms with E-state index in [0.29, 0.717) is 5.02 Å². The number of hydrogen-bond acceptors (Lipinski definition) is 1. The summed E-state index contributed by atoms with van der Waals surface area (Å²) in [5, 5.41) is 3.74. The molecule has 0 amide bonds. The molecule has 1 N–H and O–H groups in total. The van der Waals surface area contributed by atoms with Gasteiger partial charge in [0.2, 0.25) is 0 Å². The minimum atomic E-state index is 0.00456. The zero-order valence-electron chi connectivity index (χ0n) is 10.2. The van der Waals surface area contributed by atoms with E-state index in [1.165, 1.54) is 0 Å². The maximum Gasteiger partial charge on any atom is 0.274 e. The zero-order valence-corrected chi connectivity index (χ0v) is 10.9. The number of nitrogens with zero attached hydrogens (tertiary/aromatic N) is 1. The van der Waals surface area contributed by atoms with Gasteiger partial charge in [-0.25, -0.2) is 4.68 Å². The van der Waals surface area contributed by atoms with Crippen molar-refractivity contribution in [2.75, 3.05) is 0 Å². The Hall–Kier alpha value is -1.48. The smallest absolute Gasteiger partial charge is 0.274 e. The SMILES string of the molecule is CCc1c(C)[nH]n(-c2ccc(C)c(Cl)c2)c1=O. The van der Waals surface area contributed by atoms with Crippen LogP contribution in [0.2, 0.25) is 5.02 Å². The Morgan fingerprint density at radius 2 is 2.06 bits per heavy atom. The molecule has 0 fully saturated rings. The van der Waals surface area contributed by atoms with Crippen molar-refractivity contribution >= 4 is 11.6 Å². The lowest BCUT2D eigenvalue weighted by Gasteiger charge is -2.04. The number of H-pyrrole nitrogens is 1. The molecule has 4 heteroatoms. The highest BCUT2D eigenvalue weighted by Gasteiger charge is 2.10. The summed E-state index contributed by atoms with van der Waals surface area (Å²) in [6.45, 7) is 5.82. The fourth-order valence-corrected chi connectivity index (χ4v) is 2.08. The van der Waals surface area contributed by atoms with E-state index in [0.717, 1.165) is 28.9 Å². The zero-order chi connectivity index (χ0) is 12.6. The average molecular weight is 251 g/mol. The Bertz CT molecular complexity index is 610. The summed E-state index contributed by atoms with van der Waals surface area (Å²) in [6, 6.07) is 5.59. The minimum Gasteiger partial charge on any atom is -0.295 e. The fraction of sp³-hybridized carbons (Fsp3) is 0.308. The van der Waals surface area contributed by atoms with E-state index in [-0.39, 0.29) is 5.56 Å². The van der Waals surface area contributed by atoms with E-state index in [4.69, 9.17) is 11.6 Å². The maximum atomic E-state index is 12.1. The van der Waals surface area contributed by atoms with Gasteiger partial charge in [0.15, 0.2) is 0 Å². The van der Waals surface area contributed by atoms with Crippen LogP contribution in [0.3, 0.4) is 0 Å². The Morgan fingerprint density at radius 1 is 1.35 bits per heavy atom. The summed E-state index contributed by atoms with van der Waals surface area (Å²) >= 11 is 6.07. The molecular formula is C13H15ClN2O. The molecule has 0 saturated carbocycles. The molecule has 0 aliphatic rings. The third kappa shape index (κ3) is 2.03.